The van der Waals surface area contributed by atoms with E-state index in [0.717, 1.165) is 28.7 Å². The molecule has 0 bridgehead atoms. The largest absolute Gasteiger partial charge is 0.373 e. The predicted octanol–water partition coefficient (Wildman–Crippen LogP) is 2.03. The van der Waals surface area contributed by atoms with Crippen LogP contribution in [0.4, 0.5) is 17.3 Å². The lowest BCUT2D eigenvalue weighted by Crippen LogP contribution is -2.02. The van der Waals surface area contributed by atoms with Gasteiger partial charge in [0.25, 0.3) is 0 Å². The lowest BCUT2D eigenvalue weighted by Gasteiger charge is -2.09. The Bertz CT molecular complexity index is 539. The molecular formula is C13H17N5. The van der Waals surface area contributed by atoms with Gasteiger partial charge in [-0.1, -0.05) is 12.1 Å². The maximum absolute atomic E-state index is 5.62. The van der Waals surface area contributed by atoms with Crippen LogP contribution in [0.1, 0.15) is 11.4 Å². The van der Waals surface area contributed by atoms with E-state index < -0.39 is 0 Å². The third-order valence-corrected chi connectivity index (χ3v) is 2.53. The third kappa shape index (κ3) is 2.95. The van der Waals surface area contributed by atoms with Crippen molar-refractivity contribution in [3.8, 4) is 0 Å². The van der Waals surface area contributed by atoms with Crippen molar-refractivity contribution >= 4 is 17.3 Å². The lowest BCUT2D eigenvalue weighted by molar-refractivity contribution is 1.05. The Morgan fingerprint density at radius 2 is 1.94 bits per heavy atom. The van der Waals surface area contributed by atoms with Crippen LogP contribution in [-0.4, -0.2) is 17.0 Å². The summed E-state index contributed by atoms with van der Waals surface area (Å²) in [6, 6.07) is 9.82. The molecule has 2 aromatic rings. The molecule has 5 nitrogen and oxygen atoms in total. The molecule has 0 aliphatic heterocycles. The molecule has 5 heteroatoms. The third-order valence-electron chi connectivity index (χ3n) is 2.53. The summed E-state index contributed by atoms with van der Waals surface area (Å²) in [5, 5.41) is 6.25. The second-order valence-electron chi connectivity index (χ2n) is 3.97. The van der Waals surface area contributed by atoms with E-state index in [1.165, 1.54) is 0 Å². The zero-order chi connectivity index (χ0) is 13.0. The minimum Gasteiger partial charge on any atom is -0.373 e. The van der Waals surface area contributed by atoms with Crippen LogP contribution in [-0.2, 0) is 6.54 Å². The van der Waals surface area contributed by atoms with Gasteiger partial charge in [0.05, 0.1) is 0 Å². The highest BCUT2D eigenvalue weighted by Crippen LogP contribution is 2.18. The molecule has 4 N–H and O–H groups in total. The molecule has 18 heavy (non-hydrogen) atoms. The minimum absolute atomic E-state index is 0.528. The summed E-state index contributed by atoms with van der Waals surface area (Å²) in [7, 11) is 1.83. The second-order valence-corrected chi connectivity index (χ2v) is 3.97. The van der Waals surface area contributed by atoms with Gasteiger partial charge in [-0.25, -0.2) is 9.97 Å². The van der Waals surface area contributed by atoms with E-state index in [0.29, 0.717) is 6.54 Å². The maximum atomic E-state index is 5.62. The molecule has 0 atom stereocenters. The Labute approximate surface area is 106 Å². The minimum atomic E-state index is 0.528. The molecule has 1 heterocycles. The summed E-state index contributed by atoms with van der Waals surface area (Å²) >= 11 is 0. The standard InChI is InChI=1S/C13H17N5/c1-9-16-12(15-2)7-13(17-9)18-11-5-3-4-10(6-11)8-14/h3-7H,8,14H2,1-2H3,(H2,15,16,17,18). The van der Waals surface area contributed by atoms with Crippen LogP contribution < -0.4 is 16.4 Å². The first-order chi connectivity index (χ1) is 8.71. The molecule has 1 aromatic carbocycles. The molecule has 0 aliphatic rings. The van der Waals surface area contributed by atoms with E-state index in [1.807, 2.05) is 44.3 Å². The molecule has 1 aromatic heterocycles. The maximum Gasteiger partial charge on any atom is 0.136 e. The van der Waals surface area contributed by atoms with Crippen molar-refractivity contribution in [1.82, 2.24) is 9.97 Å². The molecule has 0 fully saturated rings. The number of aromatic nitrogens is 2. The number of nitrogens with one attached hydrogen (secondary N) is 2. The molecule has 0 radical (unpaired) electrons. The van der Waals surface area contributed by atoms with Crippen LogP contribution in [0.5, 0.6) is 0 Å². The van der Waals surface area contributed by atoms with Gasteiger partial charge in [0, 0.05) is 25.3 Å². The van der Waals surface area contributed by atoms with Gasteiger partial charge < -0.3 is 16.4 Å². The Hall–Kier alpha value is -2.14. The fourth-order valence-corrected chi connectivity index (χ4v) is 1.68. The van der Waals surface area contributed by atoms with Crippen molar-refractivity contribution in [3.63, 3.8) is 0 Å². The van der Waals surface area contributed by atoms with E-state index >= 15 is 0 Å². The predicted molar refractivity (Wildman–Crippen MR) is 73.9 cm³/mol. The number of hydrogen-bond acceptors (Lipinski definition) is 5. The summed E-state index contributed by atoms with van der Waals surface area (Å²) in [5.41, 5.74) is 7.67. The van der Waals surface area contributed by atoms with Crippen LogP contribution >= 0.6 is 0 Å². The van der Waals surface area contributed by atoms with Gasteiger partial charge in [-0.3, -0.25) is 0 Å². The SMILES string of the molecule is CNc1cc(Nc2cccc(CN)c2)nc(C)n1. The Kier molecular flexibility index (Phi) is 3.74. The van der Waals surface area contributed by atoms with E-state index in [4.69, 9.17) is 5.73 Å². The molecule has 0 aliphatic carbocycles. The second kappa shape index (κ2) is 5.46. The highest BCUT2D eigenvalue weighted by Gasteiger charge is 2.01. The van der Waals surface area contributed by atoms with E-state index in [9.17, 15) is 0 Å². The van der Waals surface area contributed by atoms with Crippen molar-refractivity contribution in [2.45, 2.75) is 13.5 Å². The number of benzene rings is 1. The van der Waals surface area contributed by atoms with Crippen LogP contribution in [0.25, 0.3) is 0 Å². The lowest BCUT2D eigenvalue weighted by atomic mass is 10.2. The molecule has 0 spiro atoms. The summed E-state index contributed by atoms with van der Waals surface area (Å²) < 4.78 is 0. The molecule has 0 saturated carbocycles. The van der Waals surface area contributed by atoms with Crippen molar-refractivity contribution < 1.29 is 0 Å². The summed E-state index contributed by atoms with van der Waals surface area (Å²) in [6.45, 7) is 2.39. The average Bonchev–Trinajstić information content (AvgIpc) is 2.38. The molecule has 0 amide bonds. The van der Waals surface area contributed by atoms with Gasteiger partial charge in [-0.2, -0.15) is 0 Å². The molecule has 0 saturated heterocycles. The number of hydrogen-bond donors (Lipinski definition) is 3. The van der Waals surface area contributed by atoms with Crippen LogP contribution in [0.3, 0.4) is 0 Å². The zero-order valence-electron chi connectivity index (χ0n) is 10.6. The number of aryl methyl sites for hydroxylation is 1. The first kappa shape index (κ1) is 12.3. The summed E-state index contributed by atoms with van der Waals surface area (Å²) in [5.74, 6) is 2.28. The number of nitrogens with two attached hydrogens (primary N) is 1. The van der Waals surface area contributed by atoms with Crippen molar-refractivity contribution in [2.75, 3.05) is 17.7 Å². The smallest absolute Gasteiger partial charge is 0.136 e. The van der Waals surface area contributed by atoms with Gasteiger partial charge in [0.2, 0.25) is 0 Å². The quantitative estimate of drug-likeness (QED) is 0.766. The first-order valence-electron chi connectivity index (χ1n) is 5.80. The van der Waals surface area contributed by atoms with Crippen molar-refractivity contribution in [1.29, 1.82) is 0 Å². The van der Waals surface area contributed by atoms with E-state index in [-0.39, 0.29) is 0 Å². The number of nitrogens with zero attached hydrogens (tertiary/aromatic N) is 2. The Morgan fingerprint density at radius 3 is 2.67 bits per heavy atom. The van der Waals surface area contributed by atoms with Gasteiger partial charge >= 0.3 is 0 Å². The van der Waals surface area contributed by atoms with Crippen molar-refractivity contribution in [3.05, 3.63) is 41.7 Å². The van der Waals surface area contributed by atoms with Crippen LogP contribution in [0.2, 0.25) is 0 Å². The summed E-state index contributed by atoms with van der Waals surface area (Å²) in [4.78, 5) is 8.58. The highest BCUT2D eigenvalue weighted by molar-refractivity contribution is 5.59. The van der Waals surface area contributed by atoms with E-state index in [1.54, 1.807) is 0 Å². The monoisotopic (exact) mass is 243 g/mol. The zero-order valence-corrected chi connectivity index (χ0v) is 10.6. The van der Waals surface area contributed by atoms with Gasteiger partial charge in [-0.05, 0) is 24.6 Å². The van der Waals surface area contributed by atoms with Gasteiger partial charge in [0.1, 0.15) is 17.5 Å². The molecular weight excluding hydrogens is 226 g/mol. The first-order valence-corrected chi connectivity index (χ1v) is 5.80. The van der Waals surface area contributed by atoms with Crippen LogP contribution in [0, 0.1) is 6.92 Å². The Morgan fingerprint density at radius 1 is 1.17 bits per heavy atom. The molecule has 94 valence electrons. The van der Waals surface area contributed by atoms with E-state index in [2.05, 4.69) is 20.6 Å². The fourth-order valence-electron chi connectivity index (χ4n) is 1.68. The van der Waals surface area contributed by atoms with Crippen LogP contribution in [0.15, 0.2) is 30.3 Å². The normalized spacial score (nSPS) is 10.2. The Balaban J connectivity index is 2.24. The topological polar surface area (TPSA) is 75.9 Å². The molecule has 0 unspecified atom stereocenters. The average molecular weight is 243 g/mol. The van der Waals surface area contributed by atoms with Gasteiger partial charge in [0.15, 0.2) is 0 Å². The van der Waals surface area contributed by atoms with Crippen molar-refractivity contribution in [2.24, 2.45) is 5.73 Å². The van der Waals surface area contributed by atoms with Gasteiger partial charge in [-0.15, -0.1) is 0 Å². The highest BCUT2D eigenvalue weighted by atomic mass is 15.1. The summed E-state index contributed by atoms with van der Waals surface area (Å²) in [6.07, 6.45) is 0. The fraction of sp³-hybridized carbons (Fsp3) is 0.231. The number of anilines is 3. The molecule has 2 rings (SSSR count). The number of rotatable bonds is 4.